The zero-order valence-corrected chi connectivity index (χ0v) is 18.4. The summed E-state index contributed by atoms with van der Waals surface area (Å²) in [4.78, 5) is 14.1. The van der Waals surface area contributed by atoms with Gasteiger partial charge in [0.1, 0.15) is 11.3 Å². The van der Waals surface area contributed by atoms with Crippen LogP contribution in [0, 0.1) is 5.92 Å². The lowest BCUT2D eigenvalue weighted by Gasteiger charge is -2.14. The standard InChI is InChI=1S/C23H22Cl2N6/c24-17-5-3-4-15(10-17)12-27-23-28-13-20-22(30-23)31(14-16-8-9-26-11-16)21(29-20)18-6-1-2-7-19(18)25/h1-7,10,13,16,26H,8-9,11-12,14H2,(H,27,28,30). The van der Waals surface area contributed by atoms with Gasteiger partial charge in [0.25, 0.3) is 0 Å². The summed E-state index contributed by atoms with van der Waals surface area (Å²) in [7, 11) is 0. The molecule has 4 aromatic rings. The van der Waals surface area contributed by atoms with Crippen molar-refractivity contribution in [1.82, 2.24) is 24.8 Å². The fourth-order valence-electron chi connectivity index (χ4n) is 3.98. The molecule has 1 aliphatic heterocycles. The Balaban J connectivity index is 1.52. The van der Waals surface area contributed by atoms with Gasteiger partial charge in [-0.05, 0) is 55.3 Å². The van der Waals surface area contributed by atoms with E-state index < -0.39 is 0 Å². The Morgan fingerprint density at radius 2 is 2.00 bits per heavy atom. The molecule has 2 aromatic carbocycles. The summed E-state index contributed by atoms with van der Waals surface area (Å²) >= 11 is 12.6. The van der Waals surface area contributed by atoms with E-state index in [0.29, 0.717) is 28.5 Å². The highest BCUT2D eigenvalue weighted by Gasteiger charge is 2.22. The van der Waals surface area contributed by atoms with Crippen LogP contribution < -0.4 is 10.6 Å². The number of aromatic nitrogens is 4. The van der Waals surface area contributed by atoms with Gasteiger partial charge >= 0.3 is 0 Å². The summed E-state index contributed by atoms with van der Waals surface area (Å²) in [6.45, 7) is 3.45. The summed E-state index contributed by atoms with van der Waals surface area (Å²) in [6, 6.07) is 15.5. The minimum Gasteiger partial charge on any atom is -0.350 e. The van der Waals surface area contributed by atoms with Gasteiger partial charge in [0, 0.05) is 23.7 Å². The fraction of sp³-hybridized carbons (Fsp3) is 0.261. The van der Waals surface area contributed by atoms with Crippen molar-refractivity contribution in [2.75, 3.05) is 18.4 Å². The SMILES string of the molecule is Clc1cccc(CNc2ncc3nc(-c4ccccc4Cl)n(CC4CCNC4)c3n2)c1. The molecule has 6 nitrogen and oxygen atoms in total. The van der Waals surface area contributed by atoms with Crippen molar-refractivity contribution >= 4 is 40.3 Å². The van der Waals surface area contributed by atoms with Crippen molar-refractivity contribution in [3.63, 3.8) is 0 Å². The average molecular weight is 453 g/mol. The second-order valence-corrected chi connectivity index (χ2v) is 8.61. The first-order valence-electron chi connectivity index (χ1n) is 10.3. The Bertz CT molecular complexity index is 1220. The number of hydrogen-bond donors (Lipinski definition) is 2. The second-order valence-electron chi connectivity index (χ2n) is 7.77. The topological polar surface area (TPSA) is 67.7 Å². The van der Waals surface area contributed by atoms with Crippen molar-refractivity contribution < 1.29 is 0 Å². The molecular weight excluding hydrogens is 431 g/mol. The molecule has 0 amide bonds. The van der Waals surface area contributed by atoms with E-state index in [0.717, 1.165) is 54.2 Å². The average Bonchev–Trinajstić information content (AvgIpc) is 3.41. The molecule has 8 heteroatoms. The van der Waals surface area contributed by atoms with Crippen LogP contribution in [-0.2, 0) is 13.1 Å². The van der Waals surface area contributed by atoms with Crippen LogP contribution in [0.4, 0.5) is 5.95 Å². The molecule has 31 heavy (non-hydrogen) atoms. The van der Waals surface area contributed by atoms with Crippen LogP contribution in [0.25, 0.3) is 22.6 Å². The zero-order chi connectivity index (χ0) is 21.2. The maximum absolute atomic E-state index is 6.51. The first-order chi connectivity index (χ1) is 15.2. The summed E-state index contributed by atoms with van der Waals surface area (Å²) in [5, 5.41) is 8.13. The second kappa shape index (κ2) is 8.83. The van der Waals surface area contributed by atoms with Crippen LogP contribution in [0.5, 0.6) is 0 Å². The van der Waals surface area contributed by atoms with Crippen molar-refractivity contribution in [3.8, 4) is 11.4 Å². The third kappa shape index (κ3) is 4.37. The van der Waals surface area contributed by atoms with E-state index in [9.17, 15) is 0 Å². The van der Waals surface area contributed by atoms with E-state index in [1.54, 1.807) is 6.20 Å². The first kappa shape index (κ1) is 20.2. The largest absolute Gasteiger partial charge is 0.350 e. The molecule has 158 valence electrons. The predicted octanol–water partition coefficient (Wildman–Crippen LogP) is 5.02. The number of nitrogens with one attached hydrogen (secondary N) is 2. The number of fused-ring (bicyclic) bond motifs is 1. The van der Waals surface area contributed by atoms with E-state index in [1.165, 1.54) is 0 Å². The zero-order valence-electron chi connectivity index (χ0n) is 16.9. The van der Waals surface area contributed by atoms with E-state index in [1.807, 2.05) is 48.5 Å². The molecule has 0 spiro atoms. The van der Waals surface area contributed by atoms with Crippen molar-refractivity contribution in [3.05, 3.63) is 70.3 Å². The van der Waals surface area contributed by atoms with Crippen LogP contribution >= 0.6 is 23.2 Å². The molecule has 5 rings (SSSR count). The van der Waals surface area contributed by atoms with Crippen molar-refractivity contribution in [1.29, 1.82) is 0 Å². The molecule has 2 aromatic heterocycles. The van der Waals surface area contributed by atoms with Gasteiger partial charge in [-0.1, -0.05) is 47.5 Å². The number of halogens is 2. The Morgan fingerprint density at radius 1 is 1.10 bits per heavy atom. The van der Waals surface area contributed by atoms with Crippen LogP contribution in [0.2, 0.25) is 10.0 Å². The first-order valence-corrected chi connectivity index (χ1v) is 11.1. The third-order valence-electron chi connectivity index (χ3n) is 5.55. The van der Waals surface area contributed by atoms with Gasteiger partial charge in [-0.2, -0.15) is 4.98 Å². The lowest BCUT2D eigenvalue weighted by molar-refractivity contribution is 0.490. The molecule has 1 saturated heterocycles. The summed E-state index contributed by atoms with van der Waals surface area (Å²) in [6.07, 6.45) is 2.90. The van der Waals surface area contributed by atoms with Gasteiger partial charge in [0.05, 0.1) is 11.2 Å². The van der Waals surface area contributed by atoms with Gasteiger partial charge in [-0.25, -0.2) is 9.97 Å². The van der Waals surface area contributed by atoms with E-state index in [-0.39, 0.29) is 0 Å². The molecule has 3 heterocycles. The van der Waals surface area contributed by atoms with Gasteiger partial charge in [-0.15, -0.1) is 0 Å². The number of anilines is 1. The summed E-state index contributed by atoms with van der Waals surface area (Å²) in [5.74, 6) is 1.91. The van der Waals surface area contributed by atoms with Crippen LogP contribution in [-0.4, -0.2) is 32.6 Å². The lowest BCUT2D eigenvalue weighted by atomic mass is 10.1. The number of imidazole rings is 1. The number of benzene rings is 2. The Morgan fingerprint density at radius 3 is 2.81 bits per heavy atom. The van der Waals surface area contributed by atoms with Crippen LogP contribution in [0.15, 0.2) is 54.7 Å². The van der Waals surface area contributed by atoms with Gasteiger partial charge in [0.2, 0.25) is 5.95 Å². The number of nitrogens with zero attached hydrogens (tertiary/aromatic N) is 4. The quantitative estimate of drug-likeness (QED) is 0.429. The molecule has 0 aliphatic carbocycles. The van der Waals surface area contributed by atoms with Gasteiger partial charge in [0.15, 0.2) is 5.65 Å². The van der Waals surface area contributed by atoms with E-state index in [4.69, 9.17) is 33.2 Å². The molecule has 1 unspecified atom stereocenters. The minimum absolute atomic E-state index is 0.525. The van der Waals surface area contributed by atoms with Crippen molar-refractivity contribution in [2.45, 2.75) is 19.5 Å². The Labute approximate surface area is 190 Å². The molecule has 1 fully saturated rings. The maximum atomic E-state index is 6.51. The summed E-state index contributed by atoms with van der Waals surface area (Å²) < 4.78 is 2.18. The molecule has 1 aliphatic rings. The fourth-order valence-corrected chi connectivity index (χ4v) is 4.41. The van der Waals surface area contributed by atoms with Gasteiger partial charge in [-0.3, -0.25) is 0 Å². The molecule has 0 bridgehead atoms. The number of hydrogen-bond acceptors (Lipinski definition) is 5. The maximum Gasteiger partial charge on any atom is 0.225 e. The third-order valence-corrected chi connectivity index (χ3v) is 6.11. The highest BCUT2D eigenvalue weighted by Crippen LogP contribution is 2.31. The Kier molecular flexibility index (Phi) is 5.76. The number of rotatable bonds is 6. The predicted molar refractivity (Wildman–Crippen MR) is 126 cm³/mol. The minimum atomic E-state index is 0.525. The lowest BCUT2D eigenvalue weighted by Crippen LogP contribution is -2.16. The van der Waals surface area contributed by atoms with Crippen LogP contribution in [0.3, 0.4) is 0 Å². The van der Waals surface area contributed by atoms with Crippen molar-refractivity contribution in [2.24, 2.45) is 5.92 Å². The smallest absolute Gasteiger partial charge is 0.225 e. The Hall–Kier alpha value is -2.67. The molecule has 0 radical (unpaired) electrons. The van der Waals surface area contributed by atoms with Crippen LogP contribution in [0.1, 0.15) is 12.0 Å². The molecule has 1 atom stereocenters. The van der Waals surface area contributed by atoms with E-state index >= 15 is 0 Å². The highest BCUT2D eigenvalue weighted by molar-refractivity contribution is 6.33. The highest BCUT2D eigenvalue weighted by atomic mass is 35.5. The monoisotopic (exact) mass is 452 g/mol. The van der Waals surface area contributed by atoms with Gasteiger partial charge < -0.3 is 15.2 Å². The van der Waals surface area contributed by atoms with E-state index in [2.05, 4.69) is 20.2 Å². The molecule has 0 saturated carbocycles. The normalized spacial score (nSPS) is 16.1. The molecular formula is C23H22Cl2N6. The molecule has 2 N–H and O–H groups in total. The summed E-state index contributed by atoms with van der Waals surface area (Å²) in [5.41, 5.74) is 3.54.